The van der Waals surface area contributed by atoms with Crippen LogP contribution in [0.1, 0.15) is 23.2 Å². The zero-order valence-electron chi connectivity index (χ0n) is 12.2. The lowest BCUT2D eigenvalue weighted by atomic mass is 10.1. The fourth-order valence-corrected chi connectivity index (χ4v) is 2.29. The summed E-state index contributed by atoms with van der Waals surface area (Å²) in [5, 5.41) is 20.4. The van der Waals surface area contributed by atoms with Gasteiger partial charge in [0.2, 0.25) is 0 Å². The number of aliphatic hydroxyl groups excluding tert-OH is 1. The topological polar surface area (TPSA) is 86.9 Å². The summed E-state index contributed by atoms with van der Waals surface area (Å²) in [6.07, 6.45) is 1.89. The minimum absolute atomic E-state index is 0.0364. The van der Waals surface area contributed by atoms with Crippen molar-refractivity contribution in [2.24, 2.45) is 0 Å². The Kier molecular flexibility index (Phi) is 4.42. The zero-order valence-corrected chi connectivity index (χ0v) is 12.2. The molecule has 7 nitrogen and oxygen atoms in total. The minimum Gasteiger partial charge on any atom is -0.395 e. The Morgan fingerprint density at radius 1 is 1.43 bits per heavy atom. The number of nitrogens with zero attached hydrogens (tertiary/aromatic N) is 3. The van der Waals surface area contributed by atoms with Crippen molar-refractivity contribution in [3.63, 3.8) is 0 Å². The molecular formula is C14H19N3O4. The molecule has 1 aliphatic carbocycles. The Morgan fingerprint density at radius 2 is 2.10 bits per heavy atom. The van der Waals surface area contributed by atoms with E-state index >= 15 is 0 Å². The molecule has 0 radical (unpaired) electrons. The maximum atomic E-state index is 12.0. The average molecular weight is 293 g/mol. The number of anilines is 1. The van der Waals surface area contributed by atoms with E-state index in [0.29, 0.717) is 17.8 Å². The molecule has 1 aromatic carbocycles. The molecule has 2 rings (SSSR count). The molecular weight excluding hydrogens is 274 g/mol. The molecule has 114 valence electrons. The highest BCUT2D eigenvalue weighted by Crippen LogP contribution is 2.37. The number of benzene rings is 1. The average Bonchev–Trinajstić information content (AvgIpc) is 3.27. The molecule has 21 heavy (non-hydrogen) atoms. The number of nitro benzene ring substituents is 1. The van der Waals surface area contributed by atoms with E-state index in [1.165, 1.54) is 17.0 Å². The molecule has 0 bridgehead atoms. The smallest absolute Gasteiger partial charge is 0.292 e. The largest absolute Gasteiger partial charge is 0.395 e. The minimum atomic E-state index is -0.452. The van der Waals surface area contributed by atoms with Crippen LogP contribution in [-0.4, -0.2) is 54.1 Å². The van der Waals surface area contributed by atoms with Gasteiger partial charge in [-0.25, -0.2) is 0 Å². The normalized spacial score (nSPS) is 13.9. The first-order valence-electron chi connectivity index (χ1n) is 6.83. The number of hydrogen-bond acceptors (Lipinski definition) is 5. The van der Waals surface area contributed by atoms with E-state index in [1.807, 2.05) is 4.90 Å². The van der Waals surface area contributed by atoms with Gasteiger partial charge in [0.1, 0.15) is 5.69 Å². The van der Waals surface area contributed by atoms with E-state index in [-0.39, 0.29) is 24.2 Å². The Bertz CT molecular complexity index is 555. The summed E-state index contributed by atoms with van der Waals surface area (Å²) in [6.45, 7) is 0.241. The molecule has 0 aromatic heterocycles. The van der Waals surface area contributed by atoms with Crippen LogP contribution in [0.3, 0.4) is 0 Å². The van der Waals surface area contributed by atoms with E-state index in [2.05, 4.69) is 0 Å². The second-order valence-electron chi connectivity index (χ2n) is 5.31. The molecule has 0 aliphatic heterocycles. The van der Waals surface area contributed by atoms with Gasteiger partial charge in [-0.05, 0) is 25.0 Å². The zero-order chi connectivity index (χ0) is 15.6. The quantitative estimate of drug-likeness (QED) is 0.630. The molecule has 1 saturated carbocycles. The summed E-state index contributed by atoms with van der Waals surface area (Å²) >= 11 is 0. The summed E-state index contributed by atoms with van der Waals surface area (Å²) in [5.41, 5.74) is 0.777. The second-order valence-corrected chi connectivity index (χ2v) is 5.31. The fourth-order valence-electron chi connectivity index (χ4n) is 2.29. The molecule has 1 amide bonds. The van der Waals surface area contributed by atoms with Gasteiger partial charge in [-0.3, -0.25) is 14.9 Å². The summed E-state index contributed by atoms with van der Waals surface area (Å²) in [5.74, 6) is -0.203. The van der Waals surface area contributed by atoms with Crippen molar-refractivity contribution in [1.82, 2.24) is 4.90 Å². The van der Waals surface area contributed by atoms with Gasteiger partial charge >= 0.3 is 0 Å². The highest BCUT2D eigenvalue weighted by molar-refractivity contribution is 5.95. The SMILES string of the molecule is CN(C)C(=O)c1ccc([N+](=O)[O-])c(N(CCO)C2CC2)c1. The van der Waals surface area contributed by atoms with Crippen LogP contribution in [0.4, 0.5) is 11.4 Å². The van der Waals surface area contributed by atoms with Gasteiger partial charge in [-0.2, -0.15) is 0 Å². The maximum absolute atomic E-state index is 12.0. The first kappa shape index (κ1) is 15.2. The standard InChI is InChI=1S/C14H19N3O4/c1-15(2)14(19)10-3-6-12(17(20)21)13(9-10)16(7-8-18)11-4-5-11/h3,6,9,11,18H,4-5,7-8H2,1-2H3. The van der Waals surface area contributed by atoms with Crippen molar-refractivity contribution >= 4 is 17.3 Å². The third-order valence-electron chi connectivity index (χ3n) is 3.46. The van der Waals surface area contributed by atoms with Gasteiger partial charge in [-0.1, -0.05) is 0 Å². The van der Waals surface area contributed by atoms with Crippen LogP contribution in [0.15, 0.2) is 18.2 Å². The first-order valence-corrected chi connectivity index (χ1v) is 6.83. The predicted octanol–water partition coefficient (Wildman–Crippen LogP) is 1.26. The Hall–Kier alpha value is -2.15. The van der Waals surface area contributed by atoms with Crippen LogP contribution in [0.2, 0.25) is 0 Å². The number of hydrogen-bond donors (Lipinski definition) is 1. The lowest BCUT2D eigenvalue weighted by Gasteiger charge is -2.24. The van der Waals surface area contributed by atoms with Gasteiger partial charge in [0.25, 0.3) is 11.6 Å². The third kappa shape index (κ3) is 3.30. The Labute approximate surface area is 122 Å². The lowest BCUT2D eigenvalue weighted by Crippen LogP contribution is -2.30. The van der Waals surface area contributed by atoms with E-state index in [4.69, 9.17) is 0 Å². The molecule has 0 spiro atoms. The predicted molar refractivity (Wildman–Crippen MR) is 78.6 cm³/mol. The van der Waals surface area contributed by atoms with Crippen LogP contribution < -0.4 is 4.90 Å². The molecule has 7 heteroatoms. The molecule has 0 unspecified atom stereocenters. The summed E-state index contributed by atoms with van der Waals surface area (Å²) in [7, 11) is 3.27. The van der Waals surface area contributed by atoms with Crippen molar-refractivity contribution in [3.8, 4) is 0 Å². The van der Waals surface area contributed by atoms with Crippen LogP contribution in [0.5, 0.6) is 0 Å². The lowest BCUT2D eigenvalue weighted by molar-refractivity contribution is -0.384. The van der Waals surface area contributed by atoms with E-state index in [0.717, 1.165) is 12.8 Å². The number of rotatable bonds is 6. The van der Waals surface area contributed by atoms with Gasteiger partial charge in [0, 0.05) is 38.3 Å². The summed E-state index contributed by atoms with van der Waals surface area (Å²) in [6, 6.07) is 4.59. The van der Waals surface area contributed by atoms with Crippen molar-refractivity contribution in [2.75, 3.05) is 32.1 Å². The number of carbonyl (C=O) groups is 1. The molecule has 0 atom stereocenters. The third-order valence-corrected chi connectivity index (χ3v) is 3.46. The maximum Gasteiger partial charge on any atom is 0.292 e. The number of amides is 1. The summed E-state index contributed by atoms with van der Waals surface area (Å²) in [4.78, 5) is 26.0. The van der Waals surface area contributed by atoms with Gasteiger partial charge in [-0.15, -0.1) is 0 Å². The number of carbonyl (C=O) groups excluding carboxylic acids is 1. The van der Waals surface area contributed by atoms with E-state index < -0.39 is 4.92 Å². The monoisotopic (exact) mass is 293 g/mol. The van der Waals surface area contributed by atoms with Crippen LogP contribution in [0.25, 0.3) is 0 Å². The van der Waals surface area contributed by atoms with E-state index in [9.17, 15) is 20.0 Å². The Balaban J connectivity index is 2.45. The van der Waals surface area contributed by atoms with Crippen LogP contribution in [0, 0.1) is 10.1 Å². The van der Waals surface area contributed by atoms with Crippen LogP contribution >= 0.6 is 0 Å². The van der Waals surface area contributed by atoms with Gasteiger partial charge in [0.15, 0.2) is 0 Å². The number of aliphatic hydroxyl groups is 1. The number of nitro groups is 1. The molecule has 1 aliphatic rings. The fraction of sp³-hybridized carbons (Fsp3) is 0.500. The summed E-state index contributed by atoms with van der Waals surface area (Å²) < 4.78 is 0. The highest BCUT2D eigenvalue weighted by atomic mass is 16.6. The van der Waals surface area contributed by atoms with E-state index in [1.54, 1.807) is 20.2 Å². The first-order chi connectivity index (χ1) is 9.95. The van der Waals surface area contributed by atoms with Crippen molar-refractivity contribution in [2.45, 2.75) is 18.9 Å². The molecule has 0 heterocycles. The highest BCUT2D eigenvalue weighted by Gasteiger charge is 2.33. The Morgan fingerprint density at radius 3 is 2.57 bits per heavy atom. The second kappa shape index (κ2) is 6.09. The van der Waals surface area contributed by atoms with Crippen molar-refractivity contribution < 1.29 is 14.8 Å². The van der Waals surface area contributed by atoms with Crippen LogP contribution in [-0.2, 0) is 0 Å². The molecule has 1 N–H and O–H groups in total. The van der Waals surface area contributed by atoms with Gasteiger partial charge < -0.3 is 14.9 Å². The van der Waals surface area contributed by atoms with Crippen molar-refractivity contribution in [3.05, 3.63) is 33.9 Å². The molecule has 1 fully saturated rings. The van der Waals surface area contributed by atoms with Crippen molar-refractivity contribution in [1.29, 1.82) is 0 Å². The van der Waals surface area contributed by atoms with Gasteiger partial charge in [0.05, 0.1) is 11.5 Å². The molecule has 1 aromatic rings. The molecule has 0 saturated heterocycles.